The van der Waals surface area contributed by atoms with E-state index in [1.165, 1.54) is 38.1 Å². The van der Waals surface area contributed by atoms with Crippen LogP contribution in [-0.2, 0) is 6.18 Å². The van der Waals surface area contributed by atoms with Gasteiger partial charge in [-0.15, -0.1) is 11.8 Å². The van der Waals surface area contributed by atoms with E-state index in [1.807, 2.05) is 0 Å². The summed E-state index contributed by atoms with van der Waals surface area (Å²) in [6.45, 7) is 0.509. The van der Waals surface area contributed by atoms with Crippen molar-refractivity contribution >= 4 is 17.7 Å². The molecule has 0 unspecified atom stereocenters. The Labute approximate surface area is 159 Å². The standard InChI is InChI=1S/C19H18F3NO3S/c1-25-15-9-13(10-16(11-15)26-2)17(24)23-7-8-27-18(23)12-3-5-14(6-4-12)19(20,21)22/h3-6,9-11,18H,7-8H2,1-2H3/t18-/m1/s1. The summed E-state index contributed by atoms with van der Waals surface area (Å²) in [5.74, 6) is 1.48. The van der Waals surface area contributed by atoms with Crippen molar-refractivity contribution in [1.82, 2.24) is 4.90 Å². The number of alkyl halides is 3. The molecule has 4 nitrogen and oxygen atoms in total. The summed E-state index contributed by atoms with van der Waals surface area (Å²) in [5, 5.41) is -0.336. The van der Waals surface area contributed by atoms with Crippen LogP contribution in [0.3, 0.4) is 0 Å². The Morgan fingerprint density at radius 2 is 1.67 bits per heavy atom. The van der Waals surface area contributed by atoms with Gasteiger partial charge in [0.1, 0.15) is 16.9 Å². The molecule has 1 saturated heterocycles. The van der Waals surface area contributed by atoms with Crippen LogP contribution in [0.1, 0.15) is 26.9 Å². The lowest BCUT2D eigenvalue weighted by molar-refractivity contribution is -0.137. The SMILES string of the molecule is COc1cc(OC)cc(C(=O)N2CCS[C@@H]2c2ccc(C(F)(F)F)cc2)c1. The van der Waals surface area contributed by atoms with E-state index >= 15 is 0 Å². The summed E-state index contributed by atoms with van der Waals surface area (Å²) < 4.78 is 48.7. The van der Waals surface area contributed by atoms with Gasteiger partial charge in [-0.2, -0.15) is 13.2 Å². The Morgan fingerprint density at radius 3 is 2.19 bits per heavy atom. The lowest BCUT2D eigenvalue weighted by Crippen LogP contribution is -2.30. The minimum Gasteiger partial charge on any atom is -0.497 e. The number of carbonyl (C=O) groups is 1. The van der Waals surface area contributed by atoms with Crippen molar-refractivity contribution in [3.63, 3.8) is 0 Å². The Kier molecular flexibility index (Phi) is 5.55. The van der Waals surface area contributed by atoms with E-state index in [4.69, 9.17) is 9.47 Å². The van der Waals surface area contributed by atoms with Gasteiger partial charge in [0.15, 0.2) is 0 Å². The van der Waals surface area contributed by atoms with Crippen molar-refractivity contribution in [2.45, 2.75) is 11.6 Å². The van der Waals surface area contributed by atoms with Crippen LogP contribution in [0, 0.1) is 0 Å². The maximum atomic E-state index is 13.0. The molecule has 27 heavy (non-hydrogen) atoms. The highest BCUT2D eigenvalue weighted by Crippen LogP contribution is 2.40. The van der Waals surface area contributed by atoms with Gasteiger partial charge in [-0.3, -0.25) is 4.79 Å². The number of ether oxygens (including phenoxy) is 2. The molecule has 0 saturated carbocycles. The maximum absolute atomic E-state index is 13.0. The molecule has 1 heterocycles. The molecule has 0 aromatic heterocycles. The summed E-state index contributed by atoms with van der Waals surface area (Å²) in [6.07, 6.45) is -4.38. The first-order chi connectivity index (χ1) is 12.8. The first-order valence-electron chi connectivity index (χ1n) is 8.16. The van der Waals surface area contributed by atoms with Gasteiger partial charge < -0.3 is 14.4 Å². The van der Waals surface area contributed by atoms with Crippen LogP contribution in [0.4, 0.5) is 13.2 Å². The lowest BCUT2D eigenvalue weighted by Gasteiger charge is -2.25. The van der Waals surface area contributed by atoms with Crippen molar-refractivity contribution in [3.8, 4) is 11.5 Å². The van der Waals surface area contributed by atoms with E-state index in [1.54, 1.807) is 23.1 Å². The maximum Gasteiger partial charge on any atom is 0.416 e. The molecular weight excluding hydrogens is 379 g/mol. The third-order valence-electron chi connectivity index (χ3n) is 4.27. The Hall–Kier alpha value is -2.35. The second-order valence-corrected chi connectivity index (χ2v) is 7.13. The molecule has 0 spiro atoms. The van der Waals surface area contributed by atoms with Crippen molar-refractivity contribution < 1.29 is 27.4 Å². The largest absolute Gasteiger partial charge is 0.497 e. The predicted molar refractivity (Wildman–Crippen MR) is 97.2 cm³/mol. The van der Waals surface area contributed by atoms with Crippen LogP contribution in [0.25, 0.3) is 0 Å². The first kappa shape index (κ1) is 19.4. The van der Waals surface area contributed by atoms with Gasteiger partial charge in [-0.25, -0.2) is 0 Å². The molecule has 0 N–H and O–H groups in total. The van der Waals surface area contributed by atoms with Crippen LogP contribution >= 0.6 is 11.8 Å². The molecule has 2 aromatic rings. The molecule has 1 atom stereocenters. The summed E-state index contributed by atoms with van der Waals surface area (Å²) in [7, 11) is 3.00. The quantitative estimate of drug-likeness (QED) is 0.755. The summed E-state index contributed by atoms with van der Waals surface area (Å²) >= 11 is 1.52. The van der Waals surface area contributed by atoms with E-state index in [2.05, 4.69) is 0 Å². The fourth-order valence-electron chi connectivity index (χ4n) is 2.89. The minimum atomic E-state index is -4.38. The average Bonchev–Trinajstić information content (AvgIpc) is 3.16. The molecule has 1 aliphatic rings. The van der Waals surface area contributed by atoms with Gasteiger partial charge >= 0.3 is 6.18 Å². The normalized spacial score (nSPS) is 17.1. The summed E-state index contributed by atoms with van der Waals surface area (Å²) in [4.78, 5) is 14.7. The number of carbonyl (C=O) groups excluding carboxylic acids is 1. The van der Waals surface area contributed by atoms with Gasteiger partial charge in [0.2, 0.25) is 0 Å². The number of rotatable bonds is 4. The van der Waals surface area contributed by atoms with Crippen LogP contribution in [0.15, 0.2) is 42.5 Å². The van der Waals surface area contributed by atoms with E-state index in [0.29, 0.717) is 34.9 Å². The highest BCUT2D eigenvalue weighted by atomic mass is 32.2. The molecule has 1 amide bonds. The number of halogens is 3. The number of methoxy groups -OCH3 is 2. The Bertz CT molecular complexity index is 802. The highest BCUT2D eigenvalue weighted by molar-refractivity contribution is 7.99. The molecule has 1 aliphatic heterocycles. The van der Waals surface area contributed by atoms with Crippen molar-refractivity contribution in [1.29, 1.82) is 0 Å². The van der Waals surface area contributed by atoms with E-state index in [-0.39, 0.29) is 11.3 Å². The molecular formula is C19H18F3NO3S. The van der Waals surface area contributed by atoms with Gasteiger partial charge in [0.25, 0.3) is 5.91 Å². The molecule has 144 valence electrons. The zero-order chi connectivity index (χ0) is 19.6. The molecule has 0 aliphatic carbocycles. The second-order valence-electron chi connectivity index (χ2n) is 5.94. The fraction of sp³-hybridized carbons (Fsp3) is 0.316. The van der Waals surface area contributed by atoms with Crippen LogP contribution in [0.5, 0.6) is 11.5 Å². The molecule has 3 rings (SSSR count). The zero-order valence-electron chi connectivity index (χ0n) is 14.7. The molecule has 1 fully saturated rings. The van der Waals surface area contributed by atoms with Crippen LogP contribution in [-0.4, -0.2) is 37.3 Å². The van der Waals surface area contributed by atoms with Gasteiger partial charge in [0, 0.05) is 23.9 Å². The van der Waals surface area contributed by atoms with Gasteiger partial charge in [-0.1, -0.05) is 12.1 Å². The Morgan fingerprint density at radius 1 is 1.07 bits per heavy atom. The first-order valence-corrected chi connectivity index (χ1v) is 9.21. The number of amides is 1. The predicted octanol–water partition coefficient (Wildman–Crippen LogP) is 4.61. The van der Waals surface area contributed by atoms with Crippen molar-refractivity contribution in [2.24, 2.45) is 0 Å². The van der Waals surface area contributed by atoms with Crippen LogP contribution < -0.4 is 9.47 Å². The average molecular weight is 397 g/mol. The summed E-state index contributed by atoms with van der Waals surface area (Å²) in [6, 6.07) is 9.87. The number of nitrogens with zero attached hydrogens (tertiary/aromatic N) is 1. The van der Waals surface area contributed by atoms with Gasteiger partial charge in [-0.05, 0) is 29.8 Å². The number of thioether (sulfide) groups is 1. The van der Waals surface area contributed by atoms with Crippen molar-refractivity contribution in [2.75, 3.05) is 26.5 Å². The number of hydrogen-bond acceptors (Lipinski definition) is 4. The van der Waals surface area contributed by atoms with Gasteiger partial charge in [0.05, 0.1) is 19.8 Å². The van der Waals surface area contributed by atoms with E-state index in [0.717, 1.165) is 12.1 Å². The monoisotopic (exact) mass is 397 g/mol. The third-order valence-corrected chi connectivity index (χ3v) is 5.53. The smallest absolute Gasteiger partial charge is 0.416 e. The van der Waals surface area contributed by atoms with Crippen molar-refractivity contribution in [3.05, 3.63) is 59.2 Å². The molecule has 8 heteroatoms. The topological polar surface area (TPSA) is 38.8 Å². The molecule has 0 radical (unpaired) electrons. The third kappa shape index (κ3) is 4.16. The summed E-state index contributed by atoms with van der Waals surface area (Å²) in [5.41, 5.74) is 0.365. The molecule has 2 aromatic carbocycles. The second kappa shape index (κ2) is 7.72. The Balaban J connectivity index is 1.87. The highest BCUT2D eigenvalue weighted by Gasteiger charge is 2.34. The number of benzene rings is 2. The number of hydrogen-bond donors (Lipinski definition) is 0. The lowest BCUT2D eigenvalue weighted by atomic mass is 10.1. The minimum absolute atomic E-state index is 0.220. The zero-order valence-corrected chi connectivity index (χ0v) is 15.6. The van der Waals surface area contributed by atoms with Crippen LogP contribution in [0.2, 0.25) is 0 Å². The van der Waals surface area contributed by atoms with E-state index in [9.17, 15) is 18.0 Å². The van der Waals surface area contributed by atoms with E-state index < -0.39 is 11.7 Å². The molecule has 0 bridgehead atoms. The fourth-order valence-corrected chi connectivity index (χ4v) is 4.14.